The van der Waals surface area contributed by atoms with E-state index in [4.69, 9.17) is 14.2 Å². The van der Waals surface area contributed by atoms with E-state index in [9.17, 15) is 14.3 Å². The zero-order valence-corrected chi connectivity index (χ0v) is 14.9. The van der Waals surface area contributed by atoms with Crippen LogP contribution >= 0.6 is 0 Å². The molecule has 2 heterocycles. The Morgan fingerprint density at radius 2 is 1.96 bits per heavy atom. The first-order chi connectivity index (χ1) is 13.1. The molecule has 1 N–H and O–H groups in total. The maximum Gasteiger partial charge on any atom is 0.320 e. The molecule has 0 aliphatic carbocycles. The van der Waals surface area contributed by atoms with E-state index >= 15 is 0 Å². The minimum atomic E-state index is -0.868. The van der Waals surface area contributed by atoms with Crippen LogP contribution in [0.5, 0.6) is 17.2 Å². The van der Waals surface area contributed by atoms with Crippen molar-refractivity contribution in [3.63, 3.8) is 0 Å². The van der Waals surface area contributed by atoms with Gasteiger partial charge in [-0.2, -0.15) is 0 Å². The summed E-state index contributed by atoms with van der Waals surface area (Å²) in [5.41, 5.74) is 1.50. The Hall–Kier alpha value is -2.80. The minimum absolute atomic E-state index is 0.152. The van der Waals surface area contributed by atoms with Gasteiger partial charge in [0.2, 0.25) is 6.79 Å². The molecule has 1 saturated heterocycles. The largest absolute Gasteiger partial charge is 0.494 e. The van der Waals surface area contributed by atoms with Crippen LogP contribution in [0, 0.1) is 5.82 Å². The Kier molecular flexibility index (Phi) is 4.61. The number of likely N-dealkylation sites (tertiary alicyclic amines) is 1. The second-order valence-corrected chi connectivity index (χ2v) is 6.64. The highest BCUT2D eigenvalue weighted by molar-refractivity contribution is 5.74. The Balaban J connectivity index is 1.80. The van der Waals surface area contributed by atoms with Crippen LogP contribution in [0.3, 0.4) is 0 Å². The average Bonchev–Trinajstić information content (AvgIpc) is 3.31. The number of ether oxygens (including phenoxy) is 3. The van der Waals surface area contributed by atoms with Gasteiger partial charge in [0.15, 0.2) is 23.1 Å². The normalized spacial score (nSPS) is 19.9. The third-order valence-corrected chi connectivity index (χ3v) is 5.11. The molecular formula is C20H20FNO5. The number of rotatable bonds is 5. The van der Waals surface area contributed by atoms with Crippen molar-refractivity contribution >= 4 is 5.97 Å². The molecule has 2 unspecified atom stereocenters. The van der Waals surface area contributed by atoms with Crippen LogP contribution in [0.4, 0.5) is 4.39 Å². The van der Waals surface area contributed by atoms with Gasteiger partial charge in [0.05, 0.1) is 13.2 Å². The number of halogens is 1. The zero-order valence-electron chi connectivity index (χ0n) is 14.9. The third-order valence-electron chi connectivity index (χ3n) is 5.11. The van der Waals surface area contributed by atoms with Gasteiger partial charge in [0.1, 0.15) is 6.04 Å². The molecule has 4 rings (SSSR count). The van der Waals surface area contributed by atoms with E-state index in [1.807, 2.05) is 17.0 Å². The first-order valence-electron chi connectivity index (χ1n) is 8.80. The van der Waals surface area contributed by atoms with Crippen LogP contribution in [-0.4, -0.2) is 42.5 Å². The van der Waals surface area contributed by atoms with Crippen molar-refractivity contribution < 1.29 is 28.5 Å². The Morgan fingerprint density at radius 1 is 1.22 bits per heavy atom. The fraction of sp³-hybridized carbons (Fsp3) is 0.350. The first kappa shape index (κ1) is 17.6. The van der Waals surface area contributed by atoms with Gasteiger partial charge in [0.25, 0.3) is 0 Å². The molecule has 142 valence electrons. The topological polar surface area (TPSA) is 68.2 Å². The first-order valence-corrected chi connectivity index (χ1v) is 8.80. The molecule has 2 aliphatic heterocycles. The van der Waals surface area contributed by atoms with Crippen LogP contribution in [0.25, 0.3) is 0 Å². The van der Waals surface area contributed by atoms with E-state index < -0.39 is 23.9 Å². The lowest BCUT2D eigenvalue weighted by atomic mass is 9.95. The predicted octanol–water partition coefficient (Wildman–Crippen LogP) is 3.20. The SMILES string of the molecule is COc1ccc(C(c2ccc3c(c2)OCO3)N2CCCC2C(=O)O)cc1F. The summed E-state index contributed by atoms with van der Waals surface area (Å²) in [5.74, 6) is 0.0607. The molecule has 27 heavy (non-hydrogen) atoms. The number of benzene rings is 2. The van der Waals surface area contributed by atoms with Crippen LogP contribution in [0.15, 0.2) is 36.4 Å². The summed E-state index contributed by atoms with van der Waals surface area (Å²) in [6.07, 6.45) is 1.34. The molecule has 1 fully saturated rings. The van der Waals surface area contributed by atoms with Gasteiger partial charge >= 0.3 is 5.97 Å². The van der Waals surface area contributed by atoms with E-state index in [1.165, 1.54) is 13.2 Å². The lowest BCUT2D eigenvalue weighted by molar-refractivity contribution is -0.142. The van der Waals surface area contributed by atoms with Crippen molar-refractivity contribution in [2.24, 2.45) is 0 Å². The third kappa shape index (κ3) is 3.19. The van der Waals surface area contributed by atoms with Crippen molar-refractivity contribution in [3.05, 3.63) is 53.3 Å². The highest BCUT2D eigenvalue weighted by Crippen LogP contribution is 2.40. The Morgan fingerprint density at radius 3 is 2.70 bits per heavy atom. The molecule has 2 aromatic rings. The highest BCUT2D eigenvalue weighted by atomic mass is 19.1. The Labute approximate surface area is 156 Å². The molecule has 2 atom stereocenters. The van der Waals surface area contributed by atoms with Crippen molar-refractivity contribution in [1.29, 1.82) is 0 Å². The number of hydrogen-bond acceptors (Lipinski definition) is 5. The smallest absolute Gasteiger partial charge is 0.320 e. The number of carboxylic acid groups (broad SMARTS) is 1. The second-order valence-electron chi connectivity index (χ2n) is 6.64. The van der Waals surface area contributed by atoms with Crippen LogP contribution in [-0.2, 0) is 4.79 Å². The second kappa shape index (κ2) is 7.08. The molecule has 0 aromatic heterocycles. The number of hydrogen-bond donors (Lipinski definition) is 1. The summed E-state index contributed by atoms with van der Waals surface area (Å²) in [5, 5.41) is 9.64. The van der Waals surface area contributed by atoms with Crippen molar-refractivity contribution in [2.75, 3.05) is 20.4 Å². The number of carboxylic acids is 1. The molecule has 0 bridgehead atoms. The summed E-state index contributed by atoms with van der Waals surface area (Å²) >= 11 is 0. The quantitative estimate of drug-likeness (QED) is 0.868. The molecule has 0 spiro atoms. The lowest BCUT2D eigenvalue weighted by Gasteiger charge is -2.32. The van der Waals surface area contributed by atoms with Crippen LogP contribution in [0.2, 0.25) is 0 Å². The van der Waals surface area contributed by atoms with E-state index in [2.05, 4.69) is 0 Å². The van der Waals surface area contributed by atoms with Gasteiger partial charge in [-0.05, 0) is 48.2 Å². The van der Waals surface area contributed by atoms with Gasteiger partial charge in [-0.15, -0.1) is 0 Å². The summed E-state index contributed by atoms with van der Waals surface area (Å²) in [7, 11) is 1.41. The number of methoxy groups -OCH3 is 1. The van der Waals surface area contributed by atoms with Crippen molar-refractivity contribution in [3.8, 4) is 17.2 Å². The number of carbonyl (C=O) groups is 1. The fourth-order valence-corrected chi connectivity index (χ4v) is 3.87. The van der Waals surface area contributed by atoms with Crippen LogP contribution < -0.4 is 14.2 Å². The highest BCUT2D eigenvalue weighted by Gasteiger charge is 2.37. The molecule has 0 amide bonds. The number of fused-ring (bicyclic) bond motifs is 1. The molecule has 0 radical (unpaired) electrons. The zero-order chi connectivity index (χ0) is 19.0. The minimum Gasteiger partial charge on any atom is -0.494 e. The maximum atomic E-state index is 14.4. The monoisotopic (exact) mass is 373 g/mol. The van der Waals surface area contributed by atoms with E-state index in [0.717, 1.165) is 12.0 Å². The average molecular weight is 373 g/mol. The molecule has 7 heteroatoms. The molecule has 2 aliphatic rings. The predicted molar refractivity (Wildman–Crippen MR) is 94.7 cm³/mol. The van der Waals surface area contributed by atoms with Gasteiger partial charge in [-0.25, -0.2) is 4.39 Å². The van der Waals surface area contributed by atoms with Gasteiger partial charge in [-0.3, -0.25) is 9.69 Å². The summed E-state index contributed by atoms with van der Waals surface area (Å²) in [6.45, 7) is 0.770. The van der Waals surface area contributed by atoms with Crippen LogP contribution in [0.1, 0.15) is 30.0 Å². The number of aliphatic carboxylic acids is 1. The van der Waals surface area contributed by atoms with Gasteiger partial charge in [0, 0.05) is 6.54 Å². The summed E-state index contributed by atoms with van der Waals surface area (Å²) < 4.78 is 30.2. The van der Waals surface area contributed by atoms with E-state index in [-0.39, 0.29) is 12.5 Å². The van der Waals surface area contributed by atoms with Gasteiger partial charge < -0.3 is 19.3 Å². The lowest BCUT2D eigenvalue weighted by Crippen LogP contribution is -2.39. The summed E-state index contributed by atoms with van der Waals surface area (Å²) in [6, 6.07) is 9.23. The van der Waals surface area contributed by atoms with Crippen molar-refractivity contribution in [2.45, 2.75) is 24.9 Å². The maximum absolute atomic E-state index is 14.4. The van der Waals surface area contributed by atoms with E-state index in [1.54, 1.807) is 18.2 Å². The standard InChI is InChI=1S/C20H20FNO5/c1-25-16-6-4-12(9-14(16)21)19(22-8-2-3-15(22)20(23)24)13-5-7-17-18(10-13)27-11-26-17/h4-7,9-10,15,19H,2-3,8,11H2,1H3,(H,23,24). The molecule has 0 saturated carbocycles. The Bertz CT molecular complexity index is 871. The summed E-state index contributed by atoms with van der Waals surface area (Å²) in [4.78, 5) is 13.7. The van der Waals surface area contributed by atoms with E-state index in [0.29, 0.717) is 30.0 Å². The molecular weight excluding hydrogens is 353 g/mol. The molecule has 6 nitrogen and oxygen atoms in total. The number of nitrogens with zero attached hydrogens (tertiary/aromatic N) is 1. The molecule has 2 aromatic carbocycles. The van der Waals surface area contributed by atoms with Crippen molar-refractivity contribution in [1.82, 2.24) is 4.90 Å². The fourth-order valence-electron chi connectivity index (χ4n) is 3.87. The van der Waals surface area contributed by atoms with Gasteiger partial charge in [-0.1, -0.05) is 12.1 Å².